The number of esters is 1. The lowest BCUT2D eigenvalue weighted by molar-refractivity contribution is 0.0590. The van der Waals surface area contributed by atoms with Gasteiger partial charge in [-0.1, -0.05) is 6.07 Å². The summed E-state index contributed by atoms with van der Waals surface area (Å²) in [7, 11) is 1.19. The molecule has 0 radical (unpaired) electrons. The van der Waals surface area contributed by atoms with Gasteiger partial charge in [-0.25, -0.2) is 14.2 Å². The number of pyridine rings is 1. The van der Waals surface area contributed by atoms with E-state index in [0.29, 0.717) is 16.5 Å². The topological polar surface area (TPSA) is 68.7 Å². The number of fused-ring (bicyclic) bond motifs is 1. The number of benzene rings is 2. The van der Waals surface area contributed by atoms with E-state index in [1.807, 2.05) is 0 Å². The number of halogens is 2. The highest BCUT2D eigenvalue weighted by Gasteiger charge is 2.19. The maximum Gasteiger partial charge on any atom is 0.360 e. The molecule has 0 amide bonds. The van der Waals surface area contributed by atoms with Gasteiger partial charge < -0.3 is 14.6 Å². The maximum atomic E-state index is 13.7. The molecule has 25 heavy (non-hydrogen) atoms. The highest BCUT2D eigenvalue weighted by Crippen LogP contribution is 2.34. The summed E-state index contributed by atoms with van der Waals surface area (Å²) in [6.45, 7) is 1.64. The zero-order valence-electron chi connectivity index (χ0n) is 13.3. The van der Waals surface area contributed by atoms with Gasteiger partial charge in [0.05, 0.1) is 7.11 Å². The Labute approximate surface area is 141 Å². The van der Waals surface area contributed by atoms with Gasteiger partial charge in [0.1, 0.15) is 5.75 Å². The number of aryl methyl sites for hydroxylation is 1. The molecule has 0 saturated heterocycles. The number of nitrogens with zero attached hydrogens (tertiary/aromatic N) is 1. The van der Waals surface area contributed by atoms with Crippen LogP contribution in [-0.2, 0) is 4.74 Å². The van der Waals surface area contributed by atoms with E-state index in [1.165, 1.54) is 37.4 Å². The summed E-state index contributed by atoms with van der Waals surface area (Å²) in [5, 5.41) is 11.1. The summed E-state index contributed by atoms with van der Waals surface area (Å²) in [6, 6.07) is 8.10. The molecule has 0 fully saturated rings. The Bertz CT molecular complexity index is 988. The Morgan fingerprint density at radius 2 is 1.92 bits per heavy atom. The molecule has 0 saturated carbocycles. The monoisotopic (exact) mass is 345 g/mol. The molecule has 0 unspecified atom stereocenters. The average Bonchev–Trinajstić information content (AvgIpc) is 2.61. The van der Waals surface area contributed by atoms with E-state index in [0.717, 1.165) is 6.07 Å². The van der Waals surface area contributed by atoms with Crippen molar-refractivity contribution in [1.82, 2.24) is 4.98 Å². The molecule has 0 aliphatic heterocycles. The van der Waals surface area contributed by atoms with Gasteiger partial charge in [-0.15, -0.1) is 0 Å². The first-order valence-corrected chi connectivity index (χ1v) is 7.26. The summed E-state index contributed by atoms with van der Waals surface area (Å²) >= 11 is 0. The van der Waals surface area contributed by atoms with Crippen LogP contribution in [0.1, 0.15) is 16.2 Å². The van der Waals surface area contributed by atoms with Crippen LogP contribution in [0, 0.1) is 18.6 Å². The number of carbonyl (C=O) groups excluding carboxylic acids is 1. The number of hydrogen-bond acceptors (Lipinski definition) is 5. The largest absolute Gasteiger partial charge is 0.505 e. The van der Waals surface area contributed by atoms with Gasteiger partial charge in [0, 0.05) is 16.5 Å². The highest BCUT2D eigenvalue weighted by molar-refractivity contribution is 6.00. The highest BCUT2D eigenvalue weighted by atomic mass is 19.2. The lowest BCUT2D eigenvalue weighted by atomic mass is 10.1. The summed E-state index contributed by atoms with van der Waals surface area (Å²) in [5.74, 6) is -3.23. The molecule has 1 aromatic heterocycles. The Hall–Kier alpha value is -3.22. The molecule has 128 valence electrons. The van der Waals surface area contributed by atoms with E-state index in [4.69, 9.17) is 4.74 Å². The Balaban J connectivity index is 2.07. The van der Waals surface area contributed by atoms with Crippen LogP contribution in [0.15, 0.2) is 36.4 Å². The van der Waals surface area contributed by atoms with Gasteiger partial charge in [0.15, 0.2) is 23.0 Å². The summed E-state index contributed by atoms with van der Waals surface area (Å²) in [5.41, 5.74) is 0.246. The molecule has 5 nitrogen and oxygen atoms in total. The normalized spacial score (nSPS) is 10.7. The van der Waals surface area contributed by atoms with Gasteiger partial charge in [-0.2, -0.15) is 4.39 Å². The van der Waals surface area contributed by atoms with Crippen LogP contribution in [0.5, 0.6) is 17.2 Å². The van der Waals surface area contributed by atoms with Crippen molar-refractivity contribution in [3.63, 3.8) is 0 Å². The number of aromatic nitrogens is 1. The minimum atomic E-state index is -1.10. The third-order valence-corrected chi connectivity index (χ3v) is 3.66. The first-order chi connectivity index (χ1) is 11.9. The SMILES string of the molecule is COC(=O)c1nc(C)c2cc(Oc3cccc(F)c3F)ccc2c1O. The minimum absolute atomic E-state index is 0.197. The Kier molecular flexibility index (Phi) is 4.22. The molecule has 0 bridgehead atoms. The van der Waals surface area contributed by atoms with E-state index in [1.54, 1.807) is 6.92 Å². The van der Waals surface area contributed by atoms with Crippen LogP contribution in [-0.4, -0.2) is 23.2 Å². The second-order valence-corrected chi connectivity index (χ2v) is 5.25. The standard InChI is InChI=1S/C18H13F2NO4/c1-9-12-8-10(25-14-5-3-4-13(19)15(14)20)6-7-11(12)17(22)16(21-9)18(23)24-2/h3-8,22H,1-2H3. The molecular formula is C18H13F2NO4. The lowest BCUT2D eigenvalue weighted by Crippen LogP contribution is -2.06. The molecular weight excluding hydrogens is 332 g/mol. The number of ether oxygens (including phenoxy) is 2. The lowest BCUT2D eigenvalue weighted by Gasteiger charge is -2.11. The zero-order valence-corrected chi connectivity index (χ0v) is 13.3. The van der Waals surface area contributed by atoms with E-state index in [-0.39, 0.29) is 22.9 Å². The van der Waals surface area contributed by atoms with Gasteiger partial charge in [-0.05, 0) is 37.3 Å². The maximum absolute atomic E-state index is 13.7. The molecule has 3 rings (SSSR count). The Morgan fingerprint density at radius 3 is 2.64 bits per heavy atom. The number of hydrogen-bond donors (Lipinski definition) is 1. The molecule has 3 aromatic rings. The van der Waals surface area contributed by atoms with Crippen molar-refractivity contribution in [1.29, 1.82) is 0 Å². The van der Waals surface area contributed by atoms with Crippen LogP contribution in [0.3, 0.4) is 0 Å². The Morgan fingerprint density at radius 1 is 1.16 bits per heavy atom. The quantitative estimate of drug-likeness (QED) is 0.724. The molecule has 0 atom stereocenters. The predicted octanol–water partition coefficient (Wildman–Crippen LogP) is 4.11. The van der Waals surface area contributed by atoms with Crippen molar-refractivity contribution in [3.8, 4) is 17.2 Å². The number of aromatic hydroxyl groups is 1. The van der Waals surface area contributed by atoms with Crippen molar-refractivity contribution >= 4 is 16.7 Å². The second kappa shape index (κ2) is 6.35. The van der Waals surface area contributed by atoms with Crippen LogP contribution >= 0.6 is 0 Å². The van der Waals surface area contributed by atoms with Crippen LogP contribution < -0.4 is 4.74 Å². The second-order valence-electron chi connectivity index (χ2n) is 5.25. The fraction of sp³-hybridized carbons (Fsp3) is 0.111. The van der Waals surface area contributed by atoms with Gasteiger partial charge in [0.2, 0.25) is 5.82 Å². The molecule has 1 heterocycles. The fourth-order valence-corrected chi connectivity index (χ4v) is 2.43. The average molecular weight is 345 g/mol. The number of rotatable bonds is 3. The smallest absolute Gasteiger partial charge is 0.360 e. The molecule has 1 N–H and O–H groups in total. The molecule has 0 aliphatic rings. The van der Waals surface area contributed by atoms with Crippen molar-refractivity contribution in [2.75, 3.05) is 7.11 Å². The molecule has 7 heteroatoms. The van der Waals surface area contributed by atoms with E-state index in [2.05, 4.69) is 9.72 Å². The van der Waals surface area contributed by atoms with E-state index in [9.17, 15) is 18.7 Å². The number of carbonyl (C=O) groups is 1. The van der Waals surface area contributed by atoms with Gasteiger partial charge in [0.25, 0.3) is 0 Å². The van der Waals surface area contributed by atoms with Crippen molar-refractivity contribution in [2.24, 2.45) is 0 Å². The third kappa shape index (κ3) is 2.96. The van der Waals surface area contributed by atoms with E-state index >= 15 is 0 Å². The van der Waals surface area contributed by atoms with Gasteiger partial charge in [-0.3, -0.25) is 0 Å². The van der Waals surface area contributed by atoms with Crippen molar-refractivity contribution in [3.05, 3.63) is 59.4 Å². The summed E-state index contributed by atoms with van der Waals surface area (Å²) < 4.78 is 36.9. The van der Waals surface area contributed by atoms with Crippen LogP contribution in [0.25, 0.3) is 10.8 Å². The molecule has 0 aliphatic carbocycles. The van der Waals surface area contributed by atoms with Crippen molar-refractivity contribution in [2.45, 2.75) is 6.92 Å². The fourth-order valence-electron chi connectivity index (χ4n) is 2.43. The third-order valence-electron chi connectivity index (χ3n) is 3.66. The summed E-state index contributed by atoms with van der Waals surface area (Å²) in [6.07, 6.45) is 0. The van der Waals surface area contributed by atoms with Crippen LogP contribution in [0.4, 0.5) is 8.78 Å². The molecule has 0 spiro atoms. The van der Waals surface area contributed by atoms with E-state index < -0.39 is 17.6 Å². The number of methoxy groups -OCH3 is 1. The first kappa shape index (κ1) is 16.6. The minimum Gasteiger partial charge on any atom is -0.505 e. The molecule has 2 aromatic carbocycles. The zero-order chi connectivity index (χ0) is 18.1. The van der Waals surface area contributed by atoms with Crippen molar-refractivity contribution < 1.29 is 28.2 Å². The van der Waals surface area contributed by atoms with Gasteiger partial charge >= 0.3 is 5.97 Å². The van der Waals surface area contributed by atoms with Crippen LogP contribution in [0.2, 0.25) is 0 Å². The summed E-state index contributed by atoms with van der Waals surface area (Å²) in [4.78, 5) is 15.7. The predicted molar refractivity (Wildman–Crippen MR) is 85.9 cm³/mol. The first-order valence-electron chi connectivity index (χ1n) is 7.26.